The quantitative estimate of drug-likeness (QED) is 0.818. The second kappa shape index (κ2) is 5.86. The van der Waals surface area contributed by atoms with E-state index >= 15 is 0 Å². The molecule has 0 aliphatic heterocycles. The average molecular weight is 267 g/mol. The molecule has 0 saturated heterocycles. The first-order valence-corrected chi connectivity index (χ1v) is 6.22. The Morgan fingerprint density at radius 3 is 2.37 bits per heavy atom. The molecular formula is C13H21N3O3. The van der Waals surface area contributed by atoms with Gasteiger partial charge in [-0.05, 0) is 34.6 Å². The number of H-pyrrole nitrogens is 1. The van der Waals surface area contributed by atoms with Crippen LogP contribution in [-0.4, -0.2) is 27.7 Å². The Balaban J connectivity index is 2.43. The van der Waals surface area contributed by atoms with Gasteiger partial charge >= 0.3 is 5.97 Å². The van der Waals surface area contributed by atoms with Crippen LogP contribution in [0, 0.1) is 13.8 Å². The number of anilines is 1. The topological polar surface area (TPSA) is 84.1 Å². The van der Waals surface area contributed by atoms with Gasteiger partial charge in [0.05, 0.1) is 23.5 Å². The molecule has 0 aliphatic rings. The highest BCUT2D eigenvalue weighted by molar-refractivity contribution is 5.93. The van der Waals surface area contributed by atoms with E-state index in [-0.39, 0.29) is 24.7 Å². The molecule has 0 atom stereocenters. The van der Waals surface area contributed by atoms with E-state index in [1.165, 1.54) is 0 Å². The van der Waals surface area contributed by atoms with E-state index in [2.05, 4.69) is 15.5 Å². The van der Waals surface area contributed by atoms with E-state index in [0.717, 1.165) is 11.4 Å². The maximum atomic E-state index is 11.7. The SMILES string of the molecule is Cc1n[nH]c(C)c1NC(=O)CCC(=O)OC(C)(C)C. The first-order chi connectivity index (χ1) is 8.69. The second-order valence-corrected chi connectivity index (χ2v) is 5.44. The maximum Gasteiger partial charge on any atom is 0.306 e. The second-order valence-electron chi connectivity index (χ2n) is 5.44. The minimum atomic E-state index is -0.523. The molecule has 106 valence electrons. The number of aromatic amines is 1. The van der Waals surface area contributed by atoms with Crippen molar-refractivity contribution in [2.75, 3.05) is 5.32 Å². The van der Waals surface area contributed by atoms with Crippen LogP contribution in [0.15, 0.2) is 0 Å². The van der Waals surface area contributed by atoms with Gasteiger partial charge in [0.1, 0.15) is 5.60 Å². The van der Waals surface area contributed by atoms with E-state index in [0.29, 0.717) is 5.69 Å². The first-order valence-electron chi connectivity index (χ1n) is 6.22. The molecule has 0 bridgehead atoms. The van der Waals surface area contributed by atoms with Crippen LogP contribution in [0.1, 0.15) is 45.0 Å². The van der Waals surface area contributed by atoms with Crippen LogP contribution >= 0.6 is 0 Å². The van der Waals surface area contributed by atoms with Crippen molar-refractivity contribution >= 4 is 17.6 Å². The van der Waals surface area contributed by atoms with E-state index in [9.17, 15) is 9.59 Å². The summed E-state index contributed by atoms with van der Waals surface area (Å²) in [6, 6.07) is 0. The van der Waals surface area contributed by atoms with Crippen LogP contribution in [0.4, 0.5) is 5.69 Å². The molecule has 0 fully saturated rings. The van der Waals surface area contributed by atoms with E-state index in [4.69, 9.17) is 4.74 Å². The molecule has 6 nitrogen and oxygen atoms in total. The summed E-state index contributed by atoms with van der Waals surface area (Å²) in [6.45, 7) is 9.01. The van der Waals surface area contributed by atoms with Crippen molar-refractivity contribution in [3.8, 4) is 0 Å². The molecule has 0 saturated carbocycles. The molecule has 1 aromatic heterocycles. The predicted octanol–water partition coefficient (Wildman–Crippen LogP) is 2.09. The summed E-state index contributed by atoms with van der Waals surface area (Å²) in [4.78, 5) is 23.2. The number of amides is 1. The van der Waals surface area contributed by atoms with Gasteiger partial charge in [-0.3, -0.25) is 14.7 Å². The normalized spacial score (nSPS) is 11.2. The van der Waals surface area contributed by atoms with Gasteiger partial charge in [0.15, 0.2) is 0 Å². The molecule has 0 aromatic carbocycles. The van der Waals surface area contributed by atoms with Crippen LogP contribution in [0.5, 0.6) is 0 Å². The molecule has 2 N–H and O–H groups in total. The fraction of sp³-hybridized carbons (Fsp3) is 0.615. The van der Waals surface area contributed by atoms with Crippen molar-refractivity contribution in [3.05, 3.63) is 11.4 Å². The molecule has 0 radical (unpaired) electrons. The number of ether oxygens (including phenoxy) is 1. The summed E-state index contributed by atoms with van der Waals surface area (Å²) in [5, 5.41) is 9.50. The van der Waals surface area contributed by atoms with Gasteiger partial charge in [-0.1, -0.05) is 0 Å². The van der Waals surface area contributed by atoms with E-state index < -0.39 is 5.60 Å². The number of esters is 1. The Morgan fingerprint density at radius 1 is 1.26 bits per heavy atom. The highest BCUT2D eigenvalue weighted by Crippen LogP contribution is 2.16. The molecule has 0 aliphatic carbocycles. The van der Waals surface area contributed by atoms with Crippen molar-refractivity contribution in [2.24, 2.45) is 0 Å². The van der Waals surface area contributed by atoms with Crippen LogP contribution in [-0.2, 0) is 14.3 Å². The lowest BCUT2D eigenvalue weighted by Gasteiger charge is -2.19. The van der Waals surface area contributed by atoms with Gasteiger partial charge in [-0.2, -0.15) is 5.10 Å². The number of aromatic nitrogens is 2. The minimum Gasteiger partial charge on any atom is -0.460 e. The Kier molecular flexibility index (Phi) is 4.69. The average Bonchev–Trinajstić information content (AvgIpc) is 2.56. The lowest BCUT2D eigenvalue weighted by atomic mass is 10.2. The van der Waals surface area contributed by atoms with E-state index in [1.807, 2.05) is 6.92 Å². The number of hydrogen-bond donors (Lipinski definition) is 2. The van der Waals surface area contributed by atoms with Crippen molar-refractivity contribution in [2.45, 2.75) is 53.1 Å². The third kappa shape index (κ3) is 5.11. The van der Waals surface area contributed by atoms with Crippen molar-refractivity contribution in [1.29, 1.82) is 0 Å². The van der Waals surface area contributed by atoms with E-state index in [1.54, 1.807) is 27.7 Å². The highest BCUT2D eigenvalue weighted by atomic mass is 16.6. The van der Waals surface area contributed by atoms with Gasteiger partial charge in [-0.15, -0.1) is 0 Å². The standard InChI is InChI=1S/C13H21N3O3/c1-8-12(9(2)16-15-8)14-10(17)6-7-11(18)19-13(3,4)5/h6-7H2,1-5H3,(H,14,17)(H,15,16). The number of hydrogen-bond acceptors (Lipinski definition) is 4. The monoisotopic (exact) mass is 267 g/mol. The molecular weight excluding hydrogens is 246 g/mol. The zero-order valence-corrected chi connectivity index (χ0v) is 12.1. The van der Waals surface area contributed by atoms with Crippen LogP contribution in [0.25, 0.3) is 0 Å². The molecule has 1 amide bonds. The molecule has 0 unspecified atom stereocenters. The third-order valence-electron chi connectivity index (χ3n) is 2.37. The summed E-state index contributed by atoms with van der Waals surface area (Å²) < 4.78 is 5.13. The Hall–Kier alpha value is -1.85. The summed E-state index contributed by atoms with van der Waals surface area (Å²) >= 11 is 0. The maximum absolute atomic E-state index is 11.7. The number of carbonyl (C=O) groups is 2. The number of carbonyl (C=O) groups excluding carboxylic acids is 2. The van der Waals surface area contributed by atoms with Crippen LogP contribution < -0.4 is 5.32 Å². The fourth-order valence-electron chi connectivity index (χ4n) is 1.55. The molecule has 1 rings (SSSR count). The summed E-state index contributed by atoms with van der Waals surface area (Å²) in [6.07, 6.45) is 0.165. The molecule has 0 spiro atoms. The van der Waals surface area contributed by atoms with Gasteiger partial charge in [-0.25, -0.2) is 0 Å². The number of nitrogens with zero attached hydrogens (tertiary/aromatic N) is 1. The van der Waals surface area contributed by atoms with Gasteiger partial charge in [0.25, 0.3) is 0 Å². The van der Waals surface area contributed by atoms with Gasteiger partial charge in [0, 0.05) is 6.42 Å². The first kappa shape index (κ1) is 15.2. The zero-order chi connectivity index (χ0) is 14.6. The zero-order valence-electron chi connectivity index (χ0n) is 12.1. The van der Waals surface area contributed by atoms with Gasteiger partial charge < -0.3 is 10.1 Å². The van der Waals surface area contributed by atoms with Crippen molar-refractivity contribution < 1.29 is 14.3 Å². The third-order valence-corrected chi connectivity index (χ3v) is 2.37. The number of rotatable bonds is 4. The number of aryl methyl sites for hydroxylation is 2. The van der Waals surface area contributed by atoms with Crippen molar-refractivity contribution in [3.63, 3.8) is 0 Å². The van der Waals surface area contributed by atoms with Crippen molar-refractivity contribution in [1.82, 2.24) is 10.2 Å². The van der Waals surface area contributed by atoms with Crippen LogP contribution in [0.2, 0.25) is 0 Å². The highest BCUT2D eigenvalue weighted by Gasteiger charge is 2.17. The summed E-state index contributed by atoms with van der Waals surface area (Å²) in [5.41, 5.74) is 1.67. The van der Waals surface area contributed by atoms with Crippen LogP contribution in [0.3, 0.4) is 0 Å². The summed E-state index contributed by atoms with van der Waals surface area (Å²) in [7, 11) is 0. The molecule has 1 heterocycles. The largest absolute Gasteiger partial charge is 0.460 e. The smallest absolute Gasteiger partial charge is 0.306 e. The lowest BCUT2D eigenvalue weighted by Crippen LogP contribution is -2.24. The minimum absolute atomic E-state index is 0.0685. The molecule has 6 heteroatoms. The van der Waals surface area contributed by atoms with Gasteiger partial charge in [0.2, 0.25) is 5.91 Å². The Morgan fingerprint density at radius 2 is 1.89 bits per heavy atom. The number of nitrogens with one attached hydrogen (secondary N) is 2. The molecule has 19 heavy (non-hydrogen) atoms. The Labute approximate surface area is 112 Å². The Bertz CT molecular complexity index is 452. The molecule has 1 aromatic rings. The fourth-order valence-corrected chi connectivity index (χ4v) is 1.55. The summed E-state index contributed by atoms with van der Waals surface area (Å²) in [5.74, 6) is -0.596. The predicted molar refractivity (Wildman–Crippen MR) is 71.8 cm³/mol. The lowest BCUT2D eigenvalue weighted by molar-refractivity contribution is -0.155.